The zero-order valence-corrected chi connectivity index (χ0v) is 15.0. The molecule has 1 aliphatic rings. The fourth-order valence-corrected chi connectivity index (χ4v) is 3.31. The second-order valence-electron chi connectivity index (χ2n) is 6.73. The fraction of sp³-hybridized carbons (Fsp3) is 0.824. The van der Waals surface area contributed by atoms with E-state index in [0.717, 1.165) is 38.6 Å². The number of unbranched alkanes of at least 4 members (excludes halogenated alkanes) is 3. The first-order chi connectivity index (χ1) is 11.5. The van der Waals surface area contributed by atoms with Gasteiger partial charge in [-0.25, -0.2) is 4.79 Å². The molecule has 24 heavy (non-hydrogen) atoms. The van der Waals surface area contributed by atoms with Crippen LogP contribution in [0.25, 0.3) is 0 Å². The minimum atomic E-state index is -1.44. The highest BCUT2D eigenvalue weighted by atomic mass is 16.5. The Hall–Kier alpha value is -1.47. The normalized spacial score (nSPS) is 20.9. The lowest BCUT2D eigenvalue weighted by Gasteiger charge is -2.30. The predicted molar refractivity (Wildman–Crippen MR) is 88.6 cm³/mol. The van der Waals surface area contributed by atoms with Crippen LogP contribution < -0.4 is 0 Å². The van der Waals surface area contributed by atoms with Gasteiger partial charge in [0.15, 0.2) is 11.4 Å². The maximum Gasteiger partial charge on any atom is 0.339 e. The highest BCUT2D eigenvalue weighted by Crippen LogP contribution is 2.28. The molecule has 1 aliphatic heterocycles. The van der Waals surface area contributed by atoms with Crippen LogP contribution in [0.3, 0.4) is 0 Å². The first-order valence-corrected chi connectivity index (χ1v) is 8.82. The minimum Gasteiger partial charge on any atom is -0.467 e. The van der Waals surface area contributed by atoms with Crippen molar-refractivity contribution in [3.63, 3.8) is 0 Å². The van der Waals surface area contributed by atoms with Crippen molar-refractivity contribution in [1.82, 2.24) is 15.0 Å². The van der Waals surface area contributed by atoms with E-state index < -0.39 is 11.6 Å². The van der Waals surface area contributed by atoms with Gasteiger partial charge in [0.05, 0.1) is 13.0 Å². The largest absolute Gasteiger partial charge is 0.467 e. The number of likely N-dealkylation sites (tertiary alicyclic amines) is 1. The molecule has 0 aliphatic carbocycles. The summed E-state index contributed by atoms with van der Waals surface area (Å²) in [5.41, 5.74) is -1.44. The summed E-state index contributed by atoms with van der Waals surface area (Å²) in [7, 11) is 1.33. The highest BCUT2D eigenvalue weighted by molar-refractivity contribution is 5.79. The minimum absolute atomic E-state index is 0.160. The maximum absolute atomic E-state index is 12.1. The van der Waals surface area contributed by atoms with Crippen LogP contribution in [-0.4, -0.2) is 58.5 Å². The third-order valence-corrected chi connectivity index (χ3v) is 4.66. The number of rotatable bonds is 9. The van der Waals surface area contributed by atoms with E-state index in [-0.39, 0.29) is 12.5 Å². The summed E-state index contributed by atoms with van der Waals surface area (Å²) in [4.78, 5) is 18.5. The molecule has 2 heterocycles. The summed E-state index contributed by atoms with van der Waals surface area (Å²) >= 11 is 0. The van der Waals surface area contributed by atoms with Crippen molar-refractivity contribution >= 4 is 5.97 Å². The molecule has 2 rings (SSSR count). The molecule has 0 aromatic carbocycles. The van der Waals surface area contributed by atoms with Crippen molar-refractivity contribution in [2.45, 2.75) is 63.9 Å². The quantitative estimate of drug-likeness (QED) is 0.544. The van der Waals surface area contributed by atoms with Crippen LogP contribution in [0.2, 0.25) is 0 Å². The van der Waals surface area contributed by atoms with Crippen LogP contribution >= 0.6 is 0 Å². The number of nitrogens with zero attached hydrogens (tertiary/aromatic N) is 3. The van der Waals surface area contributed by atoms with Crippen LogP contribution in [0.15, 0.2) is 4.52 Å². The van der Waals surface area contributed by atoms with E-state index in [1.807, 2.05) is 0 Å². The molecule has 0 radical (unpaired) electrons. The molecule has 0 unspecified atom stereocenters. The molecule has 0 spiro atoms. The number of carbonyl (C=O) groups excluding carboxylic acids is 1. The van der Waals surface area contributed by atoms with Gasteiger partial charge in [-0.1, -0.05) is 31.3 Å². The van der Waals surface area contributed by atoms with Crippen molar-refractivity contribution in [3.05, 3.63) is 11.7 Å². The van der Waals surface area contributed by atoms with Gasteiger partial charge in [-0.3, -0.25) is 4.90 Å². The zero-order chi connectivity index (χ0) is 17.6. The molecule has 1 fully saturated rings. The molecule has 7 heteroatoms. The van der Waals surface area contributed by atoms with Gasteiger partial charge >= 0.3 is 5.97 Å². The van der Waals surface area contributed by atoms with E-state index in [4.69, 9.17) is 9.26 Å². The standard InChI is InChI=1S/C17H29N3O4/c1-4-5-6-7-9-17(22,16(21)23-3)12-20-10-8-14(11-20)15-18-13(2)19-24-15/h14,22H,4-12H2,1-3H3/t14-,17+/m1/s1. The zero-order valence-electron chi connectivity index (χ0n) is 15.0. The molecule has 0 amide bonds. The number of aromatic nitrogens is 2. The number of hydrogen-bond acceptors (Lipinski definition) is 7. The van der Waals surface area contributed by atoms with Gasteiger partial charge in [-0.2, -0.15) is 4.98 Å². The van der Waals surface area contributed by atoms with Crippen LogP contribution in [0.1, 0.15) is 63.1 Å². The van der Waals surface area contributed by atoms with Crippen LogP contribution in [-0.2, 0) is 9.53 Å². The van der Waals surface area contributed by atoms with E-state index >= 15 is 0 Å². The summed E-state index contributed by atoms with van der Waals surface area (Å²) in [5.74, 6) is 0.884. The topological polar surface area (TPSA) is 88.7 Å². The predicted octanol–water partition coefficient (Wildman–Crippen LogP) is 2.04. The van der Waals surface area contributed by atoms with Crippen LogP contribution in [0.5, 0.6) is 0 Å². The van der Waals surface area contributed by atoms with Crippen molar-refractivity contribution in [3.8, 4) is 0 Å². The highest BCUT2D eigenvalue weighted by Gasteiger charge is 2.40. The van der Waals surface area contributed by atoms with Gasteiger partial charge < -0.3 is 14.4 Å². The molecular weight excluding hydrogens is 310 g/mol. The van der Waals surface area contributed by atoms with E-state index in [0.29, 0.717) is 24.7 Å². The van der Waals surface area contributed by atoms with Crippen molar-refractivity contribution in [2.75, 3.05) is 26.7 Å². The maximum atomic E-state index is 12.1. The number of esters is 1. The molecule has 2 atom stereocenters. The lowest BCUT2D eigenvalue weighted by Crippen LogP contribution is -2.49. The molecule has 0 bridgehead atoms. The summed E-state index contributed by atoms with van der Waals surface area (Å²) in [6.45, 7) is 5.72. The van der Waals surface area contributed by atoms with E-state index in [1.165, 1.54) is 7.11 Å². The van der Waals surface area contributed by atoms with Crippen LogP contribution in [0.4, 0.5) is 0 Å². The molecule has 136 valence electrons. The van der Waals surface area contributed by atoms with Gasteiger partial charge in [-0.15, -0.1) is 0 Å². The smallest absolute Gasteiger partial charge is 0.339 e. The number of hydrogen-bond donors (Lipinski definition) is 1. The van der Waals surface area contributed by atoms with E-state index in [2.05, 4.69) is 22.0 Å². The lowest BCUT2D eigenvalue weighted by atomic mass is 9.95. The number of aryl methyl sites for hydroxylation is 1. The second kappa shape index (κ2) is 8.58. The molecule has 1 aromatic heterocycles. The SMILES string of the molecule is CCCCCC[C@](O)(CN1CC[C@@H](c2nc(C)no2)C1)C(=O)OC. The Morgan fingerprint density at radius 3 is 2.88 bits per heavy atom. The van der Waals surface area contributed by atoms with Crippen molar-refractivity contribution in [1.29, 1.82) is 0 Å². The summed E-state index contributed by atoms with van der Waals surface area (Å²) in [5, 5.41) is 14.7. The van der Waals surface area contributed by atoms with Gasteiger partial charge in [0.25, 0.3) is 0 Å². The Labute approximate surface area is 143 Å². The number of aliphatic hydroxyl groups is 1. The average molecular weight is 339 g/mol. The van der Waals surface area contributed by atoms with Crippen molar-refractivity contribution in [2.24, 2.45) is 0 Å². The molecule has 7 nitrogen and oxygen atoms in total. The summed E-state index contributed by atoms with van der Waals surface area (Å²) in [6, 6.07) is 0. The number of ether oxygens (including phenoxy) is 1. The Bertz CT molecular complexity index is 534. The van der Waals surface area contributed by atoms with Crippen LogP contribution in [0, 0.1) is 6.92 Å². The van der Waals surface area contributed by atoms with Gasteiger partial charge in [0, 0.05) is 13.1 Å². The third kappa shape index (κ3) is 4.77. The Morgan fingerprint density at radius 2 is 2.25 bits per heavy atom. The van der Waals surface area contributed by atoms with E-state index in [9.17, 15) is 9.90 Å². The molecule has 0 saturated carbocycles. The summed E-state index contributed by atoms with van der Waals surface area (Å²) in [6.07, 6.45) is 5.38. The Morgan fingerprint density at radius 1 is 1.46 bits per heavy atom. The molecule has 1 N–H and O–H groups in total. The van der Waals surface area contributed by atoms with Gasteiger partial charge in [0.1, 0.15) is 0 Å². The number of β-amino-alcohol motifs (C(OH)–C–C–N with tert-alkyl or cyclic N) is 1. The number of carbonyl (C=O) groups is 1. The fourth-order valence-electron chi connectivity index (χ4n) is 3.31. The Kier molecular flexibility index (Phi) is 6.74. The average Bonchev–Trinajstić information content (AvgIpc) is 3.19. The number of methoxy groups -OCH3 is 1. The van der Waals surface area contributed by atoms with Gasteiger partial charge in [-0.05, 0) is 32.7 Å². The second-order valence-corrected chi connectivity index (χ2v) is 6.73. The lowest BCUT2D eigenvalue weighted by molar-refractivity contribution is -0.165. The van der Waals surface area contributed by atoms with Crippen molar-refractivity contribution < 1.29 is 19.2 Å². The van der Waals surface area contributed by atoms with Gasteiger partial charge in [0.2, 0.25) is 5.89 Å². The first-order valence-electron chi connectivity index (χ1n) is 8.82. The van der Waals surface area contributed by atoms with E-state index in [1.54, 1.807) is 6.92 Å². The monoisotopic (exact) mass is 339 g/mol. The summed E-state index contributed by atoms with van der Waals surface area (Å²) < 4.78 is 10.1. The Balaban J connectivity index is 1.93. The third-order valence-electron chi connectivity index (χ3n) is 4.66. The molecule has 1 saturated heterocycles. The first kappa shape index (κ1) is 18.9. The molecular formula is C17H29N3O4. The molecule has 1 aromatic rings.